The molecule has 3 rings (SSSR count). The summed E-state index contributed by atoms with van der Waals surface area (Å²) in [6.45, 7) is 0. The van der Waals surface area contributed by atoms with E-state index in [1.54, 1.807) is 24.3 Å². The highest BCUT2D eigenvalue weighted by Crippen LogP contribution is 2.37. The number of nitro benzene ring substituents is 1. The molecule has 0 aliphatic carbocycles. The number of aromatic amines is 1. The standard InChI is InChI=1S/C14H9N3O5/c18-11-6-12(19)10(17(21)22)5-8(11)13-15-9-4-2-1-3-7(9)14(20)16-13/h1-6,18-19H,(H,15,16,20). The highest BCUT2D eigenvalue weighted by atomic mass is 16.6. The molecule has 0 fully saturated rings. The van der Waals surface area contributed by atoms with Crippen molar-refractivity contribution in [2.24, 2.45) is 0 Å². The largest absolute Gasteiger partial charge is 0.507 e. The molecule has 8 nitrogen and oxygen atoms in total. The molecule has 0 bridgehead atoms. The van der Waals surface area contributed by atoms with Crippen LogP contribution in [0.25, 0.3) is 22.3 Å². The van der Waals surface area contributed by atoms with Gasteiger partial charge in [-0.05, 0) is 12.1 Å². The molecule has 0 radical (unpaired) electrons. The Kier molecular flexibility index (Phi) is 2.99. The average Bonchev–Trinajstić information content (AvgIpc) is 2.47. The van der Waals surface area contributed by atoms with Crippen LogP contribution in [-0.2, 0) is 0 Å². The van der Waals surface area contributed by atoms with Gasteiger partial charge in [0.15, 0.2) is 5.75 Å². The van der Waals surface area contributed by atoms with Crippen molar-refractivity contribution in [2.45, 2.75) is 0 Å². The fourth-order valence-electron chi connectivity index (χ4n) is 2.12. The van der Waals surface area contributed by atoms with Crippen molar-refractivity contribution in [3.63, 3.8) is 0 Å². The molecule has 1 aromatic heterocycles. The zero-order valence-electron chi connectivity index (χ0n) is 11.0. The van der Waals surface area contributed by atoms with Crippen molar-refractivity contribution in [3.05, 3.63) is 56.9 Å². The van der Waals surface area contributed by atoms with E-state index in [2.05, 4.69) is 9.97 Å². The molecule has 3 aromatic rings. The van der Waals surface area contributed by atoms with Crippen LogP contribution in [0.5, 0.6) is 11.5 Å². The summed E-state index contributed by atoms with van der Waals surface area (Å²) in [6.07, 6.45) is 0. The number of aromatic nitrogens is 2. The van der Waals surface area contributed by atoms with Crippen LogP contribution in [0.15, 0.2) is 41.2 Å². The Hall–Kier alpha value is -3.42. The quantitative estimate of drug-likeness (QED) is 0.489. The summed E-state index contributed by atoms with van der Waals surface area (Å²) >= 11 is 0. The first-order valence-corrected chi connectivity index (χ1v) is 6.17. The summed E-state index contributed by atoms with van der Waals surface area (Å²) in [5, 5.41) is 30.6. The number of aromatic hydroxyl groups is 2. The lowest BCUT2D eigenvalue weighted by molar-refractivity contribution is -0.385. The smallest absolute Gasteiger partial charge is 0.311 e. The van der Waals surface area contributed by atoms with Gasteiger partial charge in [-0.25, -0.2) is 4.98 Å². The molecule has 1 heterocycles. The summed E-state index contributed by atoms with van der Waals surface area (Å²) in [5.41, 5.74) is -0.692. The van der Waals surface area contributed by atoms with Gasteiger partial charge in [-0.15, -0.1) is 0 Å². The number of nitrogens with zero attached hydrogens (tertiary/aromatic N) is 2. The van der Waals surface area contributed by atoms with E-state index >= 15 is 0 Å². The van der Waals surface area contributed by atoms with Gasteiger partial charge in [-0.3, -0.25) is 14.9 Å². The Balaban J connectivity index is 2.30. The Morgan fingerprint density at radius 1 is 1.14 bits per heavy atom. The van der Waals surface area contributed by atoms with Crippen LogP contribution in [-0.4, -0.2) is 25.1 Å². The summed E-state index contributed by atoms with van der Waals surface area (Å²) in [6, 6.07) is 8.36. The van der Waals surface area contributed by atoms with Crippen molar-refractivity contribution < 1.29 is 15.1 Å². The first-order valence-electron chi connectivity index (χ1n) is 6.17. The van der Waals surface area contributed by atoms with Crippen LogP contribution in [0.3, 0.4) is 0 Å². The van der Waals surface area contributed by atoms with Gasteiger partial charge in [0.2, 0.25) is 0 Å². The monoisotopic (exact) mass is 299 g/mol. The number of H-pyrrole nitrogens is 1. The van der Waals surface area contributed by atoms with E-state index in [1.165, 1.54) is 0 Å². The molecule has 0 unspecified atom stereocenters. The lowest BCUT2D eigenvalue weighted by atomic mass is 10.1. The Bertz CT molecular complexity index is 964. The third-order valence-corrected chi connectivity index (χ3v) is 3.16. The van der Waals surface area contributed by atoms with Crippen LogP contribution < -0.4 is 5.56 Å². The van der Waals surface area contributed by atoms with Gasteiger partial charge in [0.25, 0.3) is 5.56 Å². The number of hydrogen-bond acceptors (Lipinski definition) is 6. The maximum absolute atomic E-state index is 12.0. The number of para-hydroxylation sites is 1. The van der Waals surface area contributed by atoms with Crippen LogP contribution >= 0.6 is 0 Å². The molecule has 0 saturated carbocycles. The molecule has 0 aliphatic heterocycles. The number of phenolic OH excluding ortho intramolecular Hbond substituents is 2. The Morgan fingerprint density at radius 3 is 2.59 bits per heavy atom. The van der Waals surface area contributed by atoms with Crippen molar-refractivity contribution in [3.8, 4) is 22.9 Å². The third kappa shape index (κ3) is 2.12. The SMILES string of the molecule is O=c1[nH]c(-c2cc([N+](=O)[O-])c(O)cc2O)nc2ccccc12. The normalized spacial score (nSPS) is 10.7. The van der Waals surface area contributed by atoms with E-state index in [1.807, 2.05) is 0 Å². The van der Waals surface area contributed by atoms with Crippen molar-refractivity contribution in [1.29, 1.82) is 0 Å². The van der Waals surface area contributed by atoms with Crippen molar-refractivity contribution >= 4 is 16.6 Å². The predicted octanol–water partition coefficient (Wildman–Crippen LogP) is 1.91. The topological polar surface area (TPSA) is 129 Å². The van der Waals surface area contributed by atoms with Crippen molar-refractivity contribution in [1.82, 2.24) is 9.97 Å². The number of rotatable bonds is 2. The first-order chi connectivity index (χ1) is 10.5. The van der Waals surface area contributed by atoms with Gasteiger partial charge >= 0.3 is 5.69 Å². The summed E-state index contributed by atoms with van der Waals surface area (Å²) in [7, 11) is 0. The zero-order chi connectivity index (χ0) is 15.9. The lowest BCUT2D eigenvalue weighted by Crippen LogP contribution is -2.09. The van der Waals surface area contributed by atoms with E-state index in [4.69, 9.17) is 0 Å². The highest BCUT2D eigenvalue weighted by Gasteiger charge is 2.20. The van der Waals surface area contributed by atoms with E-state index in [-0.39, 0.29) is 11.4 Å². The van der Waals surface area contributed by atoms with Gasteiger partial charge in [-0.2, -0.15) is 0 Å². The Labute approximate surface area is 122 Å². The van der Waals surface area contributed by atoms with Crippen LogP contribution in [0, 0.1) is 10.1 Å². The second kappa shape index (κ2) is 4.85. The molecule has 0 aliphatic rings. The van der Waals surface area contributed by atoms with Crippen molar-refractivity contribution in [2.75, 3.05) is 0 Å². The first kappa shape index (κ1) is 13.6. The number of hydrogen-bond donors (Lipinski definition) is 3. The second-order valence-corrected chi connectivity index (χ2v) is 4.55. The summed E-state index contributed by atoms with van der Waals surface area (Å²) in [5.74, 6) is -1.12. The minimum absolute atomic E-state index is 0.0238. The molecule has 0 saturated heterocycles. The number of nitro groups is 1. The van der Waals surface area contributed by atoms with Crippen LogP contribution in [0.2, 0.25) is 0 Å². The van der Waals surface area contributed by atoms with E-state index in [0.717, 1.165) is 12.1 Å². The van der Waals surface area contributed by atoms with E-state index < -0.39 is 27.7 Å². The predicted molar refractivity (Wildman–Crippen MR) is 77.8 cm³/mol. The molecular weight excluding hydrogens is 290 g/mol. The number of benzene rings is 2. The molecule has 2 aromatic carbocycles. The second-order valence-electron chi connectivity index (χ2n) is 4.55. The fourth-order valence-corrected chi connectivity index (χ4v) is 2.12. The van der Waals surface area contributed by atoms with Gasteiger partial charge in [0.1, 0.15) is 11.6 Å². The zero-order valence-corrected chi connectivity index (χ0v) is 11.0. The number of nitrogens with one attached hydrogen (secondary N) is 1. The van der Waals surface area contributed by atoms with Gasteiger partial charge in [-0.1, -0.05) is 12.1 Å². The molecule has 3 N–H and O–H groups in total. The molecular formula is C14H9N3O5. The highest BCUT2D eigenvalue weighted by molar-refractivity contribution is 5.80. The van der Waals surface area contributed by atoms with Crippen LogP contribution in [0.1, 0.15) is 0 Å². The maximum Gasteiger partial charge on any atom is 0.311 e. The molecule has 22 heavy (non-hydrogen) atoms. The van der Waals surface area contributed by atoms with Gasteiger partial charge in [0, 0.05) is 12.1 Å². The summed E-state index contributed by atoms with van der Waals surface area (Å²) in [4.78, 5) is 28.7. The van der Waals surface area contributed by atoms with Gasteiger partial charge in [0.05, 0.1) is 21.4 Å². The molecule has 0 amide bonds. The maximum atomic E-state index is 12.0. The van der Waals surface area contributed by atoms with E-state index in [9.17, 15) is 25.1 Å². The average molecular weight is 299 g/mol. The lowest BCUT2D eigenvalue weighted by Gasteiger charge is -2.06. The van der Waals surface area contributed by atoms with E-state index in [0.29, 0.717) is 10.9 Å². The molecule has 0 spiro atoms. The fraction of sp³-hybridized carbons (Fsp3) is 0. The minimum atomic E-state index is -0.794. The molecule has 110 valence electrons. The molecule has 0 atom stereocenters. The molecule has 8 heteroatoms. The third-order valence-electron chi connectivity index (χ3n) is 3.16. The minimum Gasteiger partial charge on any atom is -0.507 e. The van der Waals surface area contributed by atoms with Gasteiger partial charge < -0.3 is 15.2 Å². The number of fused-ring (bicyclic) bond motifs is 1. The Morgan fingerprint density at radius 2 is 1.86 bits per heavy atom. The van der Waals surface area contributed by atoms with Crippen LogP contribution in [0.4, 0.5) is 5.69 Å². The summed E-state index contributed by atoms with van der Waals surface area (Å²) < 4.78 is 0. The number of phenols is 2.